The molecule has 144 valence electrons. The molecular formula is C21H26N2O4. The average Bonchev–Trinajstić information content (AvgIpc) is 3.52. The summed E-state index contributed by atoms with van der Waals surface area (Å²) in [6.07, 6.45) is 2.24. The number of benzene rings is 2. The molecule has 1 saturated carbocycles. The number of hydrogen-bond acceptors (Lipinski definition) is 5. The Hall–Kier alpha value is -2.73. The van der Waals surface area contributed by atoms with Gasteiger partial charge in [-0.2, -0.15) is 0 Å². The third-order valence-electron chi connectivity index (χ3n) is 4.61. The molecule has 0 atom stereocenters. The molecule has 2 aromatic rings. The smallest absolute Gasteiger partial charge is 0.238 e. The number of carbonyl (C=O) groups is 1. The first-order valence-corrected chi connectivity index (χ1v) is 9.01. The lowest BCUT2D eigenvalue weighted by atomic mass is 10.2. The summed E-state index contributed by atoms with van der Waals surface area (Å²) in [5.74, 6) is 2.06. The highest BCUT2D eigenvalue weighted by molar-refractivity contribution is 5.92. The van der Waals surface area contributed by atoms with Crippen LogP contribution in [0.25, 0.3) is 0 Å². The van der Waals surface area contributed by atoms with Gasteiger partial charge in [-0.3, -0.25) is 9.69 Å². The van der Waals surface area contributed by atoms with Crippen LogP contribution in [0.3, 0.4) is 0 Å². The van der Waals surface area contributed by atoms with Crippen LogP contribution >= 0.6 is 0 Å². The fraction of sp³-hybridized carbons (Fsp3) is 0.381. The van der Waals surface area contributed by atoms with Crippen LogP contribution < -0.4 is 19.5 Å². The van der Waals surface area contributed by atoms with Gasteiger partial charge in [0.15, 0.2) is 0 Å². The number of methoxy groups -OCH3 is 3. The molecule has 1 N–H and O–H groups in total. The maximum absolute atomic E-state index is 12.6. The fourth-order valence-corrected chi connectivity index (χ4v) is 3.07. The highest BCUT2D eigenvalue weighted by Gasteiger charge is 2.30. The lowest BCUT2D eigenvalue weighted by Gasteiger charge is -2.22. The molecule has 6 heteroatoms. The summed E-state index contributed by atoms with van der Waals surface area (Å²) in [6, 6.07) is 13.7. The zero-order valence-corrected chi connectivity index (χ0v) is 16.0. The SMILES string of the molecule is COc1cc(NC(=O)CN(Cc2ccccc2OC)C2CC2)cc(OC)c1. The molecule has 6 nitrogen and oxygen atoms in total. The number of ether oxygens (including phenoxy) is 3. The van der Waals surface area contributed by atoms with Gasteiger partial charge >= 0.3 is 0 Å². The first-order valence-electron chi connectivity index (χ1n) is 9.01. The van der Waals surface area contributed by atoms with Gasteiger partial charge in [0.05, 0.1) is 27.9 Å². The van der Waals surface area contributed by atoms with Crippen molar-refractivity contribution < 1.29 is 19.0 Å². The normalized spacial score (nSPS) is 13.3. The maximum atomic E-state index is 12.6. The predicted octanol–water partition coefficient (Wildman–Crippen LogP) is 3.32. The molecule has 27 heavy (non-hydrogen) atoms. The highest BCUT2D eigenvalue weighted by Crippen LogP contribution is 2.30. The van der Waals surface area contributed by atoms with Crippen LogP contribution in [0.5, 0.6) is 17.2 Å². The van der Waals surface area contributed by atoms with Crippen LogP contribution in [0, 0.1) is 0 Å². The summed E-state index contributed by atoms with van der Waals surface area (Å²) < 4.78 is 16.0. The zero-order valence-electron chi connectivity index (χ0n) is 16.0. The van der Waals surface area contributed by atoms with Crippen molar-refractivity contribution in [2.75, 3.05) is 33.2 Å². The average molecular weight is 370 g/mol. The van der Waals surface area contributed by atoms with Gasteiger partial charge in [-0.1, -0.05) is 18.2 Å². The van der Waals surface area contributed by atoms with Crippen LogP contribution in [0.4, 0.5) is 5.69 Å². The van der Waals surface area contributed by atoms with Crippen molar-refractivity contribution in [1.82, 2.24) is 4.90 Å². The molecule has 0 heterocycles. The van der Waals surface area contributed by atoms with Crippen LogP contribution in [0.1, 0.15) is 18.4 Å². The van der Waals surface area contributed by atoms with Crippen LogP contribution in [-0.2, 0) is 11.3 Å². The molecule has 0 aliphatic heterocycles. The number of nitrogens with one attached hydrogen (secondary N) is 1. The van der Waals surface area contributed by atoms with E-state index in [0.717, 1.165) is 24.2 Å². The molecule has 0 unspecified atom stereocenters. The summed E-state index contributed by atoms with van der Waals surface area (Å²) in [5.41, 5.74) is 1.74. The van der Waals surface area contributed by atoms with Gasteiger partial charge in [-0.15, -0.1) is 0 Å². The van der Waals surface area contributed by atoms with Crippen molar-refractivity contribution >= 4 is 11.6 Å². The second-order valence-corrected chi connectivity index (χ2v) is 6.60. The molecule has 1 aliphatic rings. The minimum Gasteiger partial charge on any atom is -0.497 e. The number of carbonyl (C=O) groups excluding carboxylic acids is 1. The Morgan fingerprint density at radius 3 is 2.30 bits per heavy atom. The summed E-state index contributed by atoms with van der Waals surface area (Å²) in [7, 11) is 4.84. The van der Waals surface area contributed by atoms with Crippen LogP contribution in [0.15, 0.2) is 42.5 Å². The summed E-state index contributed by atoms with van der Waals surface area (Å²) in [4.78, 5) is 14.8. The second kappa shape index (κ2) is 8.77. The molecule has 1 fully saturated rings. The predicted molar refractivity (Wildman–Crippen MR) is 105 cm³/mol. The number of rotatable bonds is 9. The molecule has 2 aromatic carbocycles. The molecular weight excluding hydrogens is 344 g/mol. The van der Waals surface area contributed by atoms with Gasteiger partial charge in [0.1, 0.15) is 17.2 Å². The number of anilines is 1. The standard InChI is InChI=1S/C21H26N2O4/c1-25-18-10-16(11-19(12-18)26-2)22-21(24)14-23(17-8-9-17)13-15-6-4-5-7-20(15)27-3/h4-7,10-12,17H,8-9,13-14H2,1-3H3,(H,22,24). The molecule has 0 spiro atoms. The monoisotopic (exact) mass is 370 g/mol. The van der Waals surface area contributed by atoms with Gasteiger partial charge in [-0.05, 0) is 18.9 Å². The Morgan fingerprint density at radius 2 is 1.70 bits per heavy atom. The Bertz CT molecular complexity index is 767. The molecule has 0 bridgehead atoms. The van der Waals surface area contributed by atoms with E-state index in [2.05, 4.69) is 10.2 Å². The van der Waals surface area contributed by atoms with E-state index in [9.17, 15) is 4.79 Å². The Labute approximate surface area is 160 Å². The first-order chi connectivity index (χ1) is 13.1. The molecule has 1 aliphatic carbocycles. The largest absolute Gasteiger partial charge is 0.497 e. The van der Waals surface area contributed by atoms with Crippen molar-refractivity contribution in [2.45, 2.75) is 25.4 Å². The van der Waals surface area contributed by atoms with E-state index >= 15 is 0 Å². The van der Waals surface area contributed by atoms with E-state index < -0.39 is 0 Å². The summed E-state index contributed by atoms with van der Waals surface area (Å²) in [6.45, 7) is 1.01. The summed E-state index contributed by atoms with van der Waals surface area (Å²) in [5, 5.41) is 2.95. The third-order valence-corrected chi connectivity index (χ3v) is 4.61. The molecule has 3 rings (SSSR count). The second-order valence-electron chi connectivity index (χ2n) is 6.60. The minimum absolute atomic E-state index is 0.0629. The molecule has 0 saturated heterocycles. The Balaban J connectivity index is 1.67. The van der Waals surface area contributed by atoms with Gasteiger partial charge in [0.2, 0.25) is 5.91 Å². The van der Waals surface area contributed by atoms with E-state index in [1.165, 1.54) is 0 Å². The number of para-hydroxylation sites is 1. The van der Waals surface area contributed by atoms with E-state index in [1.807, 2.05) is 24.3 Å². The van der Waals surface area contributed by atoms with E-state index in [0.29, 0.717) is 36.3 Å². The van der Waals surface area contributed by atoms with Crippen molar-refractivity contribution in [3.8, 4) is 17.2 Å². The summed E-state index contributed by atoms with van der Waals surface area (Å²) >= 11 is 0. The fourth-order valence-electron chi connectivity index (χ4n) is 3.07. The third kappa shape index (κ3) is 5.14. The minimum atomic E-state index is -0.0629. The zero-order chi connectivity index (χ0) is 19.2. The van der Waals surface area contributed by atoms with Crippen molar-refractivity contribution in [2.24, 2.45) is 0 Å². The van der Waals surface area contributed by atoms with Crippen molar-refractivity contribution in [3.63, 3.8) is 0 Å². The first kappa shape index (κ1) is 19.0. The lowest BCUT2D eigenvalue weighted by Crippen LogP contribution is -2.34. The van der Waals surface area contributed by atoms with Crippen LogP contribution in [0.2, 0.25) is 0 Å². The van der Waals surface area contributed by atoms with Gasteiger partial charge in [0, 0.05) is 42.0 Å². The molecule has 1 amide bonds. The van der Waals surface area contributed by atoms with Gasteiger partial charge in [-0.25, -0.2) is 0 Å². The topological polar surface area (TPSA) is 60.0 Å². The van der Waals surface area contributed by atoms with E-state index in [-0.39, 0.29) is 5.91 Å². The molecule has 0 radical (unpaired) electrons. The van der Waals surface area contributed by atoms with Crippen molar-refractivity contribution in [3.05, 3.63) is 48.0 Å². The maximum Gasteiger partial charge on any atom is 0.238 e. The quantitative estimate of drug-likeness (QED) is 0.734. The lowest BCUT2D eigenvalue weighted by molar-refractivity contribution is -0.117. The van der Waals surface area contributed by atoms with E-state index in [1.54, 1.807) is 39.5 Å². The van der Waals surface area contributed by atoms with Gasteiger partial charge < -0.3 is 19.5 Å². The van der Waals surface area contributed by atoms with Gasteiger partial charge in [0.25, 0.3) is 0 Å². The number of amides is 1. The molecule has 0 aromatic heterocycles. The highest BCUT2D eigenvalue weighted by atomic mass is 16.5. The van der Waals surface area contributed by atoms with Crippen molar-refractivity contribution in [1.29, 1.82) is 0 Å². The Kier molecular flexibility index (Phi) is 6.19. The number of hydrogen-bond donors (Lipinski definition) is 1. The van der Waals surface area contributed by atoms with E-state index in [4.69, 9.17) is 14.2 Å². The van der Waals surface area contributed by atoms with Crippen LogP contribution in [-0.4, -0.2) is 44.7 Å². The Morgan fingerprint density at radius 1 is 1.04 bits per heavy atom. The number of nitrogens with zero attached hydrogens (tertiary/aromatic N) is 1.